The first-order valence-corrected chi connectivity index (χ1v) is 6.88. The molecule has 1 saturated heterocycles. The summed E-state index contributed by atoms with van der Waals surface area (Å²) in [6.07, 6.45) is 0.233. The predicted octanol–water partition coefficient (Wildman–Crippen LogP) is 1.71. The van der Waals surface area contributed by atoms with E-state index in [0.717, 1.165) is 13.0 Å². The van der Waals surface area contributed by atoms with Crippen LogP contribution in [-0.2, 0) is 0 Å². The molecule has 0 bridgehead atoms. The van der Waals surface area contributed by atoms with E-state index in [9.17, 15) is 14.6 Å². The van der Waals surface area contributed by atoms with Crippen LogP contribution in [0.4, 0.5) is 4.39 Å². The summed E-state index contributed by atoms with van der Waals surface area (Å²) < 4.78 is 18.9. The Morgan fingerprint density at radius 3 is 2.85 bits per heavy atom. The Balaban J connectivity index is 1.97. The molecule has 1 aliphatic heterocycles. The van der Waals surface area contributed by atoms with Gasteiger partial charge in [-0.2, -0.15) is 0 Å². The molecule has 1 aromatic carbocycles. The summed E-state index contributed by atoms with van der Waals surface area (Å²) in [6.45, 7) is 3.82. The van der Waals surface area contributed by atoms with E-state index in [1.807, 2.05) is 6.92 Å². The van der Waals surface area contributed by atoms with Crippen molar-refractivity contribution in [3.8, 4) is 5.75 Å². The highest BCUT2D eigenvalue weighted by atomic mass is 19.1. The zero-order valence-corrected chi connectivity index (χ0v) is 12.0. The number of benzene rings is 1. The van der Waals surface area contributed by atoms with Crippen molar-refractivity contribution in [2.75, 3.05) is 26.7 Å². The number of hydrogen-bond acceptors (Lipinski definition) is 4. The summed E-state index contributed by atoms with van der Waals surface area (Å²) in [5.41, 5.74) is -0.443. The molecule has 5 heteroatoms. The van der Waals surface area contributed by atoms with Gasteiger partial charge in [-0.3, -0.25) is 0 Å². The van der Waals surface area contributed by atoms with Crippen LogP contribution in [0.15, 0.2) is 18.2 Å². The monoisotopic (exact) mass is 283 g/mol. The average molecular weight is 283 g/mol. The Bertz CT molecular complexity index is 464. The molecule has 0 amide bonds. The van der Waals surface area contributed by atoms with Crippen molar-refractivity contribution in [3.05, 3.63) is 29.6 Å². The zero-order chi connectivity index (χ0) is 14.8. The van der Waals surface area contributed by atoms with Crippen LogP contribution < -0.4 is 4.74 Å². The van der Waals surface area contributed by atoms with Crippen molar-refractivity contribution < 1.29 is 19.3 Å². The SMILES string of the molecule is COc1cccc(F)c1C(O)CCN1CCC(C)(O)C1. The normalized spacial score (nSPS) is 24.9. The highest BCUT2D eigenvalue weighted by Crippen LogP contribution is 2.30. The molecule has 20 heavy (non-hydrogen) atoms. The van der Waals surface area contributed by atoms with Crippen molar-refractivity contribution in [2.45, 2.75) is 31.5 Å². The first-order valence-electron chi connectivity index (χ1n) is 6.88. The lowest BCUT2D eigenvalue weighted by Gasteiger charge is -2.21. The molecule has 0 saturated carbocycles. The zero-order valence-electron chi connectivity index (χ0n) is 12.0. The fourth-order valence-electron chi connectivity index (χ4n) is 2.70. The summed E-state index contributed by atoms with van der Waals surface area (Å²) in [5.74, 6) is -0.0869. The number of halogens is 1. The number of nitrogens with zero attached hydrogens (tertiary/aromatic N) is 1. The molecule has 1 aliphatic rings. The molecule has 1 fully saturated rings. The summed E-state index contributed by atoms with van der Waals surface area (Å²) in [7, 11) is 1.46. The Morgan fingerprint density at radius 2 is 2.25 bits per heavy atom. The number of ether oxygens (including phenoxy) is 1. The number of hydrogen-bond donors (Lipinski definition) is 2. The van der Waals surface area contributed by atoms with Gasteiger partial charge in [-0.1, -0.05) is 6.07 Å². The summed E-state index contributed by atoms with van der Waals surface area (Å²) in [5, 5.41) is 20.1. The van der Waals surface area contributed by atoms with Crippen LogP contribution >= 0.6 is 0 Å². The van der Waals surface area contributed by atoms with Gasteiger partial charge in [0.1, 0.15) is 11.6 Å². The number of methoxy groups -OCH3 is 1. The minimum absolute atomic E-state index is 0.209. The molecule has 2 unspecified atom stereocenters. The van der Waals surface area contributed by atoms with Gasteiger partial charge in [0.2, 0.25) is 0 Å². The molecule has 1 heterocycles. The Morgan fingerprint density at radius 1 is 1.50 bits per heavy atom. The van der Waals surface area contributed by atoms with Gasteiger partial charge in [0, 0.05) is 19.6 Å². The molecule has 112 valence electrons. The van der Waals surface area contributed by atoms with Gasteiger partial charge in [0.15, 0.2) is 0 Å². The van der Waals surface area contributed by atoms with Gasteiger partial charge in [-0.25, -0.2) is 4.39 Å². The van der Waals surface area contributed by atoms with E-state index in [4.69, 9.17) is 4.74 Å². The van der Waals surface area contributed by atoms with E-state index in [2.05, 4.69) is 4.90 Å². The summed E-state index contributed by atoms with van der Waals surface area (Å²) in [4.78, 5) is 2.08. The van der Waals surface area contributed by atoms with Gasteiger partial charge in [-0.15, -0.1) is 0 Å². The number of rotatable bonds is 5. The number of β-amino-alcohol motifs (C(OH)–C–C–N with tert-alkyl or cyclic N) is 1. The Hall–Kier alpha value is -1.17. The van der Waals surface area contributed by atoms with E-state index in [0.29, 0.717) is 25.3 Å². The molecule has 0 spiro atoms. The van der Waals surface area contributed by atoms with Crippen LogP contribution in [0.1, 0.15) is 31.4 Å². The minimum Gasteiger partial charge on any atom is -0.496 e. The van der Waals surface area contributed by atoms with Crippen LogP contribution in [0.5, 0.6) is 5.75 Å². The Labute approximate surface area is 118 Å². The van der Waals surface area contributed by atoms with Crippen LogP contribution in [0, 0.1) is 5.82 Å². The van der Waals surface area contributed by atoms with Gasteiger partial charge in [0.05, 0.1) is 24.4 Å². The van der Waals surface area contributed by atoms with Crippen LogP contribution in [0.25, 0.3) is 0 Å². The van der Waals surface area contributed by atoms with Gasteiger partial charge >= 0.3 is 0 Å². The second-order valence-electron chi connectivity index (χ2n) is 5.68. The average Bonchev–Trinajstić information content (AvgIpc) is 2.75. The largest absolute Gasteiger partial charge is 0.496 e. The maximum absolute atomic E-state index is 13.8. The predicted molar refractivity (Wildman–Crippen MR) is 74.2 cm³/mol. The van der Waals surface area contributed by atoms with E-state index >= 15 is 0 Å². The minimum atomic E-state index is -0.906. The summed E-state index contributed by atoms with van der Waals surface area (Å²) >= 11 is 0. The van der Waals surface area contributed by atoms with Crippen molar-refractivity contribution >= 4 is 0 Å². The topological polar surface area (TPSA) is 52.9 Å². The van der Waals surface area contributed by atoms with E-state index in [1.54, 1.807) is 12.1 Å². The summed E-state index contributed by atoms with van der Waals surface area (Å²) in [6, 6.07) is 4.52. The number of likely N-dealkylation sites (tertiary alicyclic amines) is 1. The number of aliphatic hydroxyl groups is 2. The Kier molecular flexibility index (Phi) is 4.62. The van der Waals surface area contributed by atoms with E-state index in [-0.39, 0.29) is 5.56 Å². The molecule has 0 aromatic heterocycles. The van der Waals surface area contributed by atoms with Gasteiger partial charge < -0.3 is 19.8 Å². The molecule has 4 nitrogen and oxygen atoms in total. The lowest BCUT2D eigenvalue weighted by molar-refractivity contribution is 0.0652. The van der Waals surface area contributed by atoms with Crippen LogP contribution in [0.3, 0.4) is 0 Å². The fraction of sp³-hybridized carbons (Fsp3) is 0.600. The molecule has 1 aromatic rings. The molecular weight excluding hydrogens is 261 g/mol. The third-order valence-corrected chi connectivity index (χ3v) is 3.82. The molecular formula is C15H22FNO3. The molecule has 2 atom stereocenters. The van der Waals surface area contributed by atoms with Gasteiger partial charge in [-0.05, 0) is 31.9 Å². The maximum atomic E-state index is 13.8. The van der Waals surface area contributed by atoms with Crippen LogP contribution in [0.2, 0.25) is 0 Å². The lowest BCUT2D eigenvalue weighted by atomic mass is 10.0. The van der Waals surface area contributed by atoms with Crippen molar-refractivity contribution in [3.63, 3.8) is 0 Å². The number of aliphatic hydroxyl groups excluding tert-OH is 1. The van der Waals surface area contributed by atoms with E-state index in [1.165, 1.54) is 13.2 Å². The first-order chi connectivity index (χ1) is 9.43. The second-order valence-corrected chi connectivity index (χ2v) is 5.68. The third-order valence-electron chi connectivity index (χ3n) is 3.82. The van der Waals surface area contributed by atoms with Gasteiger partial charge in [0.25, 0.3) is 0 Å². The van der Waals surface area contributed by atoms with Crippen molar-refractivity contribution in [1.29, 1.82) is 0 Å². The fourth-order valence-corrected chi connectivity index (χ4v) is 2.70. The lowest BCUT2D eigenvalue weighted by Crippen LogP contribution is -2.30. The first kappa shape index (κ1) is 15.2. The van der Waals surface area contributed by atoms with Crippen molar-refractivity contribution in [2.24, 2.45) is 0 Å². The quantitative estimate of drug-likeness (QED) is 0.864. The second kappa shape index (κ2) is 6.08. The maximum Gasteiger partial charge on any atom is 0.132 e. The van der Waals surface area contributed by atoms with E-state index < -0.39 is 17.5 Å². The smallest absolute Gasteiger partial charge is 0.132 e. The standard InChI is InChI=1S/C15H22FNO3/c1-15(19)7-9-17(10-15)8-6-12(18)14-11(16)4-3-5-13(14)20-2/h3-5,12,18-19H,6-10H2,1-2H3. The van der Waals surface area contributed by atoms with Crippen LogP contribution in [-0.4, -0.2) is 47.5 Å². The highest BCUT2D eigenvalue weighted by Gasteiger charge is 2.31. The third kappa shape index (κ3) is 3.48. The highest BCUT2D eigenvalue weighted by molar-refractivity contribution is 5.36. The van der Waals surface area contributed by atoms with Crippen molar-refractivity contribution in [1.82, 2.24) is 4.90 Å². The molecule has 2 N–H and O–H groups in total. The molecule has 0 radical (unpaired) electrons. The molecule has 0 aliphatic carbocycles. The molecule has 2 rings (SSSR count).